The number of unbranched alkanes of at least 4 members (excludes halogenated alkanes) is 1. The third kappa shape index (κ3) is 12.7. The zero-order valence-corrected chi connectivity index (χ0v) is 45.0. The lowest BCUT2D eigenvalue weighted by molar-refractivity contribution is -0.142. The van der Waals surface area contributed by atoms with Crippen molar-refractivity contribution in [3.05, 3.63) is 106 Å². The van der Waals surface area contributed by atoms with Gasteiger partial charge in [0.05, 0.1) is 5.92 Å². The number of carbonyl (C=O) groups is 10. The summed E-state index contributed by atoms with van der Waals surface area (Å²) in [6.07, 6.45) is 4.91. The molecule has 9 amide bonds. The molecule has 3 saturated heterocycles. The van der Waals surface area contributed by atoms with Crippen molar-refractivity contribution < 1.29 is 62.3 Å². The number of ketones is 1. The first-order valence-electron chi connectivity index (χ1n) is 27.1. The van der Waals surface area contributed by atoms with E-state index in [2.05, 4.69) is 38.1 Å². The normalized spacial score (nSPS) is 20.8. The standard InChI is InChI=1S/C57H64N9O13P/c1-2-3-16-43(61-50(69)44-27-36-25-35(17-18-42(36)60-44)56(75)80(77,78)79)55(74)66-30-37-26-39(37)49(66)52(71)62-45(29-59-57(58)76)47(67)28-40(33-11-5-4-6-12-33)53(72)64-23-21-32(22-24-64)10-7-8-13-34-14-9-15-38-41(34)31-65(54(38)73)46-19-20-48(68)63-51(46)70/h4-6,9,11-12,14-15,17-18,25,27,32,37,39-40,43,45-46,49,60H,2-3,7,10,16,19-24,26,28-31H2,1H3,(H,61,69)(H,62,71)(H3,58,59,76)(H,63,68,70)(H2,77,78,79)/t37-,39-,40-,43-,45-,46?,49-/m0/s1. The predicted molar refractivity (Wildman–Crippen MR) is 289 cm³/mol. The van der Waals surface area contributed by atoms with E-state index < -0.39 is 78.6 Å². The van der Waals surface area contributed by atoms with Gasteiger partial charge in [0.25, 0.3) is 17.3 Å². The van der Waals surface area contributed by atoms with E-state index in [1.54, 1.807) is 47.4 Å². The van der Waals surface area contributed by atoms with Crippen LogP contribution < -0.4 is 27.0 Å². The van der Waals surface area contributed by atoms with Crippen LogP contribution in [-0.2, 0) is 39.9 Å². The molecule has 7 atom stereocenters. The largest absolute Gasteiger partial charge is 0.396 e. The smallest absolute Gasteiger partial charge is 0.352 e. The highest BCUT2D eigenvalue weighted by Crippen LogP contribution is 2.50. The molecule has 1 saturated carbocycles. The first kappa shape index (κ1) is 56.7. The van der Waals surface area contributed by atoms with Gasteiger partial charge in [-0.3, -0.25) is 53.0 Å². The van der Waals surface area contributed by atoms with Crippen LogP contribution in [0.3, 0.4) is 0 Å². The van der Waals surface area contributed by atoms with E-state index >= 15 is 0 Å². The number of nitrogens with zero attached hydrogens (tertiary/aromatic N) is 3. The van der Waals surface area contributed by atoms with E-state index in [1.807, 2.05) is 13.0 Å². The van der Waals surface area contributed by atoms with Crippen molar-refractivity contribution in [3.63, 3.8) is 0 Å². The second-order valence-electron chi connectivity index (χ2n) is 21.4. The lowest BCUT2D eigenvalue weighted by atomic mass is 9.87. The van der Waals surface area contributed by atoms with Gasteiger partial charge in [0, 0.05) is 79.6 Å². The van der Waals surface area contributed by atoms with Gasteiger partial charge in [-0.05, 0) is 104 Å². The van der Waals surface area contributed by atoms with E-state index in [9.17, 15) is 62.3 Å². The van der Waals surface area contributed by atoms with Gasteiger partial charge < -0.3 is 51.2 Å². The Hall–Kier alpha value is -7.99. The lowest BCUT2D eigenvalue weighted by Crippen LogP contribution is -2.58. The van der Waals surface area contributed by atoms with Crippen molar-refractivity contribution in [2.24, 2.45) is 23.5 Å². The van der Waals surface area contributed by atoms with Crippen LogP contribution in [0.15, 0.2) is 72.8 Å². The summed E-state index contributed by atoms with van der Waals surface area (Å²) in [5.74, 6) is 1.84. The first-order valence-corrected chi connectivity index (χ1v) is 28.7. The second-order valence-corrected chi connectivity index (χ2v) is 22.9. The molecular weight excluding hydrogens is 1050 g/mol. The third-order valence-electron chi connectivity index (χ3n) is 16.0. The number of urea groups is 1. The number of fused-ring (bicyclic) bond motifs is 3. The average Bonchev–Trinajstić information content (AvgIpc) is 3.75. The van der Waals surface area contributed by atoms with Crippen molar-refractivity contribution in [2.75, 3.05) is 26.2 Å². The maximum atomic E-state index is 14.5. The van der Waals surface area contributed by atoms with Crippen molar-refractivity contribution in [3.8, 4) is 11.8 Å². The van der Waals surface area contributed by atoms with Crippen molar-refractivity contribution in [2.45, 2.75) is 114 Å². The van der Waals surface area contributed by atoms with Gasteiger partial charge in [0.15, 0.2) is 5.78 Å². The predicted octanol–water partition coefficient (Wildman–Crippen LogP) is 3.35. The Morgan fingerprint density at radius 2 is 1.66 bits per heavy atom. The highest BCUT2D eigenvalue weighted by molar-refractivity contribution is 7.70. The Bertz CT molecular complexity index is 3270. The number of aromatic amines is 1. The molecule has 0 spiro atoms. The van der Waals surface area contributed by atoms with Gasteiger partial charge in [0.2, 0.25) is 29.5 Å². The summed E-state index contributed by atoms with van der Waals surface area (Å²) in [5.41, 5.74) is 6.80. The molecule has 4 aliphatic heterocycles. The van der Waals surface area contributed by atoms with E-state index in [4.69, 9.17) is 5.73 Å². The van der Waals surface area contributed by atoms with Crippen LogP contribution in [0.5, 0.6) is 0 Å². The van der Waals surface area contributed by atoms with Crippen LogP contribution in [0.4, 0.5) is 4.79 Å². The Balaban J connectivity index is 0.826. The number of benzene rings is 3. The average molecular weight is 1110 g/mol. The number of carbonyl (C=O) groups excluding carboxylic acids is 10. The minimum absolute atomic E-state index is 0.00382. The molecule has 23 heteroatoms. The van der Waals surface area contributed by atoms with Crippen LogP contribution in [0.1, 0.15) is 131 Å². The molecule has 420 valence electrons. The summed E-state index contributed by atoms with van der Waals surface area (Å²) in [6, 6.07) is 14.4. The molecule has 5 aliphatic rings. The van der Waals surface area contributed by atoms with Gasteiger partial charge in [0.1, 0.15) is 29.9 Å². The summed E-state index contributed by atoms with van der Waals surface area (Å²) in [6.45, 7) is 2.84. The van der Waals surface area contributed by atoms with E-state index in [1.165, 1.54) is 34.1 Å². The van der Waals surface area contributed by atoms with Gasteiger partial charge >= 0.3 is 13.6 Å². The van der Waals surface area contributed by atoms with Crippen LogP contribution in [0.25, 0.3) is 10.9 Å². The molecule has 80 heavy (non-hydrogen) atoms. The van der Waals surface area contributed by atoms with Crippen LogP contribution in [0.2, 0.25) is 0 Å². The fourth-order valence-electron chi connectivity index (χ4n) is 11.6. The molecule has 4 aromatic rings. The number of nitrogens with one attached hydrogen (secondary N) is 5. The minimum Gasteiger partial charge on any atom is -0.352 e. The number of imide groups is 1. The van der Waals surface area contributed by atoms with Crippen LogP contribution >= 0.6 is 7.60 Å². The molecule has 0 bridgehead atoms. The fraction of sp³-hybridized carbons (Fsp3) is 0.439. The Labute approximate surface area is 460 Å². The summed E-state index contributed by atoms with van der Waals surface area (Å²) in [7, 11) is -5.07. The number of H-pyrrole nitrogens is 1. The van der Waals surface area contributed by atoms with E-state index in [-0.39, 0.29) is 92.1 Å². The van der Waals surface area contributed by atoms with Crippen LogP contribution in [-0.4, -0.2) is 139 Å². The topological polar surface area (TPSA) is 328 Å². The molecule has 1 unspecified atom stereocenters. The zero-order chi connectivity index (χ0) is 57.0. The van der Waals surface area contributed by atoms with E-state index in [0.29, 0.717) is 79.2 Å². The molecule has 4 fully saturated rings. The maximum Gasteiger partial charge on any atom is 0.396 e. The summed E-state index contributed by atoms with van der Waals surface area (Å²) >= 11 is 0. The number of amides is 9. The monoisotopic (exact) mass is 1110 g/mol. The summed E-state index contributed by atoms with van der Waals surface area (Å²) in [5, 5.41) is 10.7. The molecule has 1 aliphatic carbocycles. The first-order chi connectivity index (χ1) is 38.3. The number of nitrogens with two attached hydrogens (primary N) is 1. The maximum absolute atomic E-state index is 14.5. The number of Topliss-reactive ketones (excluding diaryl/α,β-unsaturated/α-hetero) is 1. The summed E-state index contributed by atoms with van der Waals surface area (Å²) < 4.78 is 11.6. The zero-order valence-electron chi connectivity index (χ0n) is 44.1. The second kappa shape index (κ2) is 24.2. The lowest BCUT2D eigenvalue weighted by Gasteiger charge is -2.34. The minimum atomic E-state index is -5.07. The molecule has 5 heterocycles. The quantitative estimate of drug-likeness (QED) is 0.0358. The third-order valence-corrected chi connectivity index (χ3v) is 16.8. The molecule has 3 aromatic carbocycles. The van der Waals surface area contributed by atoms with Gasteiger partial charge in [-0.25, -0.2) is 4.79 Å². The Kier molecular flexibility index (Phi) is 17.1. The molecule has 9 rings (SSSR count). The molecular formula is C57H64N9O13P. The SMILES string of the molecule is CCCC[C@H](NC(=O)c1cc2cc(C(=O)P(=O)(O)O)ccc2[nH]1)C(=O)N1C[C@@H]2C[C@@H]2[C@H]1C(=O)N[C@@H](CNC(N)=O)C(=O)C[C@H](C(=O)N1CCC(CCC#Cc2cccc3c2CN(C2CCC(=O)NC2=O)C3=O)CC1)c1ccccc1. The molecule has 1 aromatic heterocycles. The molecule has 0 radical (unpaired) electrons. The number of hydrogen-bond acceptors (Lipinski definition) is 11. The number of aromatic nitrogens is 1. The fourth-order valence-corrected chi connectivity index (χ4v) is 12.0. The van der Waals surface area contributed by atoms with Gasteiger partial charge in [-0.15, -0.1) is 0 Å². The van der Waals surface area contributed by atoms with Gasteiger partial charge in [-0.2, -0.15) is 0 Å². The Morgan fingerprint density at radius 3 is 2.38 bits per heavy atom. The van der Waals surface area contributed by atoms with Crippen molar-refractivity contribution in [1.29, 1.82) is 0 Å². The van der Waals surface area contributed by atoms with Gasteiger partial charge in [-0.1, -0.05) is 68.0 Å². The number of hydrogen-bond donors (Lipinski definition) is 8. The van der Waals surface area contributed by atoms with Crippen LogP contribution in [0, 0.1) is 29.6 Å². The molecule has 22 nitrogen and oxygen atoms in total. The number of likely N-dealkylation sites (tertiary alicyclic amines) is 2. The number of primary amides is 1. The number of rotatable bonds is 20. The number of piperidine rings is 3. The van der Waals surface area contributed by atoms with Crippen molar-refractivity contribution in [1.82, 2.24) is 41.0 Å². The highest BCUT2D eigenvalue weighted by atomic mass is 31.2. The van der Waals surface area contributed by atoms with Crippen molar-refractivity contribution >= 4 is 77.2 Å². The van der Waals surface area contributed by atoms with E-state index in [0.717, 1.165) is 12.0 Å². The highest BCUT2D eigenvalue weighted by Gasteiger charge is 2.58. The summed E-state index contributed by atoms with van der Waals surface area (Å²) in [4.78, 5) is 160. The Morgan fingerprint density at radius 1 is 0.900 bits per heavy atom. The molecule has 9 N–H and O–H groups in total.